The van der Waals surface area contributed by atoms with E-state index in [2.05, 4.69) is 5.32 Å². The molecule has 1 fully saturated rings. The lowest BCUT2D eigenvalue weighted by Gasteiger charge is -2.33. The first-order valence-corrected chi connectivity index (χ1v) is 7.66. The van der Waals surface area contributed by atoms with E-state index in [-0.39, 0.29) is 6.09 Å². The first-order valence-electron chi connectivity index (χ1n) is 7.66. The summed E-state index contributed by atoms with van der Waals surface area (Å²) in [6.45, 7) is 7.00. The first kappa shape index (κ1) is 18.2. The summed E-state index contributed by atoms with van der Waals surface area (Å²) in [6.07, 6.45) is 0.290. The van der Waals surface area contributed by atoms with Crippen LogP contribution in [0, 0.1) is 0 Å². The summed E-state index contributed by atoms with van der Waals surface area (Å²) in [5.41, 5.74) is 0. The Morgan fingerprint density at radius 3 is 2.23 bits per heavy atom. The molecule has 0 saturated carbocycles. The largest absolute Gasteiger partial charge is 0.450 e. The van der Waals surface area contributed by atoms with Crippen LogP contribution < -0.4 is 5.32 Å². The Bertz CT molecular complexity index is 381. The summed E-state index contributed by atoms with van der Waals surface area (Å²) in [5.74, 6) is -1.17. The van der Waals surface area contributed by atoms with E-state index in [1.807, 2.05) is 6.92 Å². The van der Waals surface area contributed by atoms with Crippen LogP contribution in [-0.2, 0) is 19.1 Å². The predicted molar refractivity (Wildman–Crippen MR) is 79.3 cm³/mol. The number of amides is 3. The van der Waals surface area contributed by atoms with Crippen molar-refractivity contribution in [2.45, 2.75) is 20.3 Å². The number of ether oxygens (including phenoxy) is 2. The highest BCUT2D eigenvalue weighted by Crippen LogP contribution is 2.04. The van der Waals surface area contributed by atoms with Crippen LogP contribution in [0.5, 0.6) is 0 Å². The number of carbonyl (C=O) groups is 3. The second-order valence-corrected chi connectivity index (χ2v) is 4.78. The van der Waals surface area contributed by atoms with Gasteiger partial charge >= 0.3 is 17.9 Å². The normalized spacial score (nSPS) is 14.6. The van der Waals surface area contributed by atoms with E-state index in [9.17, 15) is 14.4 Å². The Hall–Kier alpha value is -1.83. The molecule has 1 N–H and O–H groups in total. The van der Waals surface area contributed by atoms with E-state index in [1.54, 1.807) is 6.92 Å². The summed E-state index contributed by atoms with van der Waals surface area (Å²) in [4.78, 5) is 38.2. The Balaban J connectivity index is 2.26. The van der Waals surface area contributed by atoms with Gasteiger partial charge in [-0.05, 0) is 20.3 Å². The van der Waals surface area contributed by atoms with Crippen molar-refractivity contribution >= 4 is 17.9 Å². The molecule has 0 spiro atoms. The van der Waals surface area contributed by atoms with E-state index in [0.717, 1.165) is 0 Å². The molecule has 1 aliphatic heterocycles. The number of hydrogen-bond acceptors (Lipinski definition) is 5. The quantitative estimate of drug-likeness (QED) is 0.543. The zero-order chi connectivity index (χ0) is 16.4. The Morgan fingerprint density at radius 1 is 1.00 bits per heavy atom. The predicted octanol–water partition coefficient (Wildman–Crippen LogP) is -0.170. The van der Waals surface area contributed by atoms with Gasteiger partial charge in [0, 0.05) is 45.9 Å². The van der Waals surface area contributed by atoms with Crippen LogP contribution in [0.15, 0.2) is 0 Å². The summed E-state index contributed by atoms with van der Waals surface area (Å²) in [6, 6.07) is 0. The summed E-state index contributed by atoms with van der Waals surface area (Å²) in [7, 11) is 0. The maximum atomic E-state index is 12.0. The molecule has 3 amide bonds. The third-order valence-corrected chi connectivity index (χ3v) is 3.24. The number of carbonyl (C=O) groups excluding carboxylic acids is 3. The fraction of sp³-hybridized carbons (Fsp3) is 0.786. The Labute approximate surface area is 130 Å². The Morgan fingerprint density at radius 2 is 1.64 bits per heavy atom. The minimum atomic E-state index is -0.610. The van der Waals surface area contributed by atoms with Gasteiger partial charge in [-0.25, -0.2) is 4.79 Å². The molecule has 0 radical (unpaired) electrons. The molecule has 8 heteroatoms. The highest BCUT2D eigenvalue weighted by Gasteiger charge is 2.28. The molecule has 0 aliphatic carbocycles. The summed E-state index contributed by atoms with van der Waals surface area (Å²) < 4.78 is 10.1. The molecule has 0 aromatic heterocycles. The zero-order valence-electron chi connectivity index (χ0n) is 13.3. The van der Waals surface area contributed by atoms with Gasteiger partial charge in [-0.3, -0.25) is 9.59 Å². The third kappa shape index (κ3) is 5.88. The van der Waals surface area contributed by atoms with Crippen molar-refractivity contribution in [3.8, 4) is 0 Å². The smallest absolute Gasteiger partial charge is 0.409 e. The monoisotopic (exact) mass is 315 g/mol. The molecule has 0 atom stereocenters. The average molecular weight is 315 g/mol. The zero-order valence-corrected chi connectivity index (χ0v) is 13.3. The number of nitrogens with zero attached hydrogens (tertiary/aromatic N) is 2. The van der Waals surface area contributed by atoms with E-state index in [1.165, 1.54) is 9.80 Å². The topological polar surface area (TPSA) is 88.2 Å². The second-order valence-electron chi connectivity index (χ2n) is 4.78. The maximum Gasteiger partial charge on any atom is 0.409 e. The van der Waals surface area contributed by atoms with Crippen molar-refractivity contribution in [2.24, 2.45) is 0 Å². The molecule has 8 nitrogen and oxygen atoms in total. The van der Waals surface area contributed by atoms with Crippen LogP contribution in [0.1, 0.15) is 20.3 Å². The molecule has 1 aliphatic rings. The highest BCUT2D eigenvalue weighted by molar-refractivity contribution is 6.35. The lowest BCUT2D eigenvalue weighted by molar-refractivity contribution is -0.146. The van der Waals surface area contributed by atoms with Gasteiger partial charge in [-0.1, -0.05) is 0 Å². The molecule has 1 saturated heterocycles. The van der Waals surface area contributed by atoms with Crippen molar-refractivity contribution in [2.75, 3.05) is 52.5 Å². The van der Waals surface area contributed by atoms with Gasteiger partial charge in [0.1, 0.15) is 0 Å². The lowest BCUT2D eigenvalue weighted by atomic mass is 10.3. The third-order valence-electron chi connectivity index (χ3n) is 3.24. The van der Waals surface area contributed by atoms with Crippen molar-refractivity contribution < 1.29 is 23.9 Å². The van der Waals surface area contributed by atoms with Gasteiger partial charge in [0.25, 0.3) is 0 Å². The van der Waals surface area contributed by atoms with Crippen LogP contribution in [0.3, 0.4) is 0 Å². The highest BCUT2D eigenvalue weighted by atomic mass is 16.6. The summed E-state index contributed by atoms with van der Waals surface area (Å²) in [5, 5.41) is 2.58. The van der Waals surface area contributed by atoms with Crippen molar-refractivity contribution in [1.29, 1.82) is 0 Å². The molecule has 0 unspecified atom stereocenters. The van der Waals surface area contributed by atoms with Crippen LogP contribution >= 0.6 is 0 Å². The average Bonchev–Trinajstić information content (AvgIpc) is 2.54. The molecule has 126 valence electrons. The van der Waals surface area contributed by atoms with Gasteiger partial charge in [0.15, 0.2) is 0 Å². The van der Waals surface area contributed by atoms with E-state index < -0.39 is 11.8 Å². The number of nitrogens with one attached hydrogen (secondary N) is 1. The van der Waals surface area contributed by atoms with Gasteiger partial charge in [-0.2, -0.15) is 0 Å². The van der Waals surface area contributed by atoms with Gasteiger partial charge in [0.2, 0.25) is 0 Å². The van der Waals surface area contributed by atoms with E-state index >= 15 is 0 Å². The molecular weight excluding hydrogens is 290 g/mol. The van der Waals surface area contributed by atoms with E-state index in [0.29, 0.717) is 59.0 Å². The van der Waals surface area contributed by atoms with Gasteiger partial charge < -0.3 is 24.6 Å². The molecule has 22 heavy (non-hydrogen) atoms. The van der Waals surface area contributed by atoms with Gasteiger partial charge in [0.05, 0.1) is 6.61 Å². The minimum Gasteiger partial charge on any atom is -0.450 e. The molecule has 0 bridgehead atoms. The van der Waals surface area contributed by atoms with Crippen LogP contribution in [0.4, 0.5) is 4.79 Å². The lowest BCUT2D eigenvalue weighted by Crippen LogP contribution is -2.54. The number of hydrogen-bond donors (Lipinski definition) is 1. The minimum absolute atomic E-state index is 0.322. The fourth-order valence-corrected chi connectivity index (χ4v) is 2.05. The van der Waals surface area contributed by atoms with E-state index in [4.69, 9.17) is 9.47 Å². The van der Waals surface area contributed by atoms with Crippen molar-refractivity contribution in [3.63, 3.8) is 0 Å². The summed E-state index contributed by atoms with van der Waals surface area (Å²) >= 11 is 0. The fourth-order valence-electron chi connectivity index (χ4n) is 2.05. The number of rotatable bonds is 6. The SMILES string of the molecule is CCOCCCNC(=O)C(=O)N1CCN(C(=O)OCC)CC1. The maximum absolute atomic E-state index is 12.0. The molecule has 0 aromatic carbocycles. The number of piperazine rings is 1. The Kier molecular flexibility index (Phi) is 8.27. The van der Waals surface area contributed by atoms with Crippen LogP contribution in [0.2, 0.25) is 0 Å². The molecule has 1 rings (SSSR count). The van der Waals surface area contributed by atoms with Crippen molar-refractivity contribution in [3.05, 3.63) is 0 Å². The molecule has 0 aromatic rings. The second kappa shape index (κ2) is 9.99. The van der Waals surface area contributed by atoms with Crippen LogP contribution in [-0.4, -0.2) is 80.3 Å². The van der Waals surface area contributed by atoms with Gasteiger partial charge in [-0.15, -0.1) is 0 Å². The first-order chi connectivity index (χ1) is 10.6. The van der Waals surface area contributed by atoms with Crippen LogP contribution in [0.25, 0.3) is 0 Å². The molecule has 1 heterocycles. The van der Waals surface area contributed by atoms with Crippen molar-refractivity contribution in [1.82, 2.24) is 15.1 Å². The standard InChI is InChI=1S/C14H25N3O5/c1-3-21-11-5-6-15-12(18)13(19)16-7-9-17(10-8-16)14(20)22-4-2/h3-11H2,1-2H3,(H,15,18). The molecular formula is C14H25N3O5.